The van der Waals surface area contributed by atoms with Gasteiger partial charge in [-0.05, 0) is 43.0 Å². The molecule has 0 radical (unpaired) electrons. The highest BCUT2D eigenvalue weighted by Gasteiger charge is 2.48. The minimum Gasteiger partial charge on any atom is -0.493 e. The lowest BCUT2D eigenvalue weighted by atomic mass is 10.1. The van der Waals surface area contributed by atoms with Gasteiger partial charge < -0.3 is 19.9 Å². The number of benzene rings is 1. The van der Waals surface area contributed by atoms with Crippen LogP contribution in [0.5, 0.6) is 5.75 Å². The predicted octanol–water partition coefficient (Wildman–Crippen LogP) is 1.28. The van der Waals surface area contributed by atoms with Crippen molar-refractivity contribution >= 4 is 5.69 Å². The number of hydrogen-bond donors (Lipinski definition) is 1. The smallest absolute Gasteiger partial charge is 0.124 e. The van der Waals surface area contributed by atoms with Gasteiger partial charge in [0.2, 0.25) is 0 Å². The van der Waals surface area contributed by atoms with E-state index < -0.39 is 0 Å². The summed E-state index contributed by atoms with van der Waals surface area (Å²) in [7, 11) is 2.25. The fourth-order valence-electron chi connectivity index (χ4n) is 4.65. The van der Waals surface area contributed by atoms with Gasteiger partial charge >= 0.3 is 0 Å². The molecule has 1 aromatic rings. The van der Waals surface area contributed by atoms with Crippen LogP contribution in [0.1, 0.15) is 17.5 Å². The maximum Gasteiger partial charge on any atom is 0.124 e. The number of fused-ring (bicyclic) bond motifs is 2. The van der Waals surface area contributed by atoms with Crippen molar-refractivity contribution in [3.8, 4) is 5.75 Å². The van der Waals surface area contributed by atoms with Gasteiger partial charge in [-0.25, -0.2) is 0 Å². The molecule has 0 aromatic heterocycles. The summed E-state index contributed by atoms with van der Waals surface area (Å²) in [6.45, 7) is 5.59. The molecule has 4 heteroatoms. The molecule has 0 amide bonds. The first-order valence-electron chi connectivity index (χ1n) is 8.77. The topological polar surface area (TPSA) is 27.7 Å². The van der Waals surface area contributed by atoms with Crippen molar-refractivity contribution < 1.29 is 4.74 Å². The quantitative estimate of drug-likeness (QED) is 0.890. The molecular formula is C18H25N3O. The second-order valence-corrected chi connectivity index (χ2v) is 7.42. The van der Waals surface area contributed by atoms with E-state index in [0.717, 1.165) is 37.3 Å². The zero-order valence-corrected chi connectivity index (χ0v) is 13.3. The molecule has 3 aliphatic heterocycles. The summed E-state index contributed by atoms with van der Waals surface area (Å²) in [4.78, 5) is 5.13. The molecule has 1 N–H and O–H groups in total. The van der Waals surface area contributed by atoms with Crippen molar-refractivity contribution in [2.75, 3.05) is 44.7 Å². The van der Waals surface area contributed by atoms with Crippen LogP contribution in [0.15, 0.2) is 12.1 Å². The van der Waals surface area contributed by atoms with Gasteiger partial charge in [0.1, 0.15) is 5.75 Å². The predicted molar refractivity (Wildman–Crippen MR) is 87.9 cm³/mol. The monoisotopic (exact) mass is 299 g/mol. The molecule has 1 aromatic carbocycles. The van der Waals surface area contributed by atoms with E-state index in [4.69, 9.17) is 4.74 Å². The van der Waals surface area contributed by atoms with E-state index >= 15 is 0 Å². The minimum atomic E-state index is 0.679. The Balaban J connectivity index is 1.35. The molecule has 3 atom stereocenters. The van der Waals surface area contributed by atoms with E-state index in [1.807, 2.05) is 0 Å². The summed E-state index contributed by atoms with van der Waals surface area (Å²) in [5.41, 5.74) is 4.42. The largest absolute Gasteiger partial charge is 0.493 e. The van der Waals surface area contributed by atoms with Gasteiger partial charge in [-0.3, -0.25) is 0 Å². The summed E-state index contributed by atoms with van der Waals surface area (Å²) in [5, 5.41) is 3.74. The summed E-state index contributed by atoms with van der Waals surface area (Å²) in [6, 6.07) is 6.14. The standard InChI is InChI=1S/C18H25N3O/c1-20-6-4-19-15(11-20)14-9-17(14)21-5-2-12-8-13-3-7-22-18(13)10-16(12)21/h8,10,14-15,17,19H,2-7,9,11H2,1H3. The molecule has 5 rings (SSSR count). The van der Waals surface area contributed by atoms with Gasteiger partial charge in [-0.1, -0.05) is 0 Å². The lowest BCUT2D eigenvalue weighted by molar-refractivity contribution is 0.223. The average Bonchev–Trinajstić information content (AvgIpc) is 3.00. The van der Waals surface area contributed by atoms with E-state index in [0.29, 0.717) is 6.04 Å². The first-order valence-corrected chi connectivity index (χ1v) is 8.77. The number of anilines is 1. The molecule has 2 fully saturated rings. The van der Waals surface area contributed by atoms with Crippen LogP contribution in [0.3, 0.4) is 0 Å². The highest BCUT2D eigenvalue weighted by Crippen LogP contribution is 2.46. The Morgan fingerprint density at radius 3 is 3.05 bits per heavy atom. The Hall–Kier alpha value is -1.26. The van der Waals surface area contributed by atoms with Crippen LogP contribution in [-0.4, -0.2) is 56.8 Å². The molecule has 4 nitrogen and oxygen atoms in total. The summed E-state index contributed by atoms with van der Waals surface area (Å²) < 4.78 is 5.78. The van der Waals surface area contributed by atoms with E-state index in [1.165, 1.54) is 43.7 Å². The molecule has 3 unspecified atom stereocenters. The van der Waals surface area contributed by atoms with Crippen LogP contribution < -0.4 is 15.0 Å². The van der Waals surface area contributed by atoms with Crippen LogP contribution in [0.4, 0.5) is 5.69 Å². The van der Waals surface area contributed by atoms with Gasteiger partial charge in [-0.2, -0.15) is 0 Å². The van der Waals surface area contributed by atoms with Crippen molar-refractivity contribution in [1.29, 1.82) is 0 Å². The molecule has 3 heterocycles. The number of nitrogens with one attached hydrogen (secondary N) is 1. The lowest BCUT2D eigenvalue weighted by Crippen LogP contribution is -2.51. The highest BCUT2D eigenvalue weighted by molar-refractivity contribution is 5.65. The number of piperazine rings is 1. The van der Waals surface area contributed by atoms with Crippen LogP contribution in [0, 0.1) is 5.92 Å². The summed E-state index contributed by atoms with van der Waals surface area (Å²) in [6.07, 6.45) is 3.65. The number of likely N-dealkylation sites (N-methyl/N-ethyl adjacent to an activating group) is 1. The van der Waals surface area contributed by atoms with Gasteiger partial charge in [0.05, 0.1) is 6.61 Å². The van der Waals surface area contributed by atoms with Crippen molar-refractivity contribution in [3.05, 3.63) is 23.3 Å². The molecule has 4 aliphatic rings. The first-order chi connectivity index (χ1) is 10.8. The summed E-state index contributed by atoms with van der Waals surface area (Å²) in [5.74, 6) is 1.96. The lowest BCUT2D eigenvalue weighted by Gasteiger charge is -2.32. The Morgan fingerprint density at radius 1 is 1.18 bits per heavy atom. The highest BCUT2D eigenvalue weighted by atomic mass is 16.5. The number of ether oxygens (including phenoxy) is 1. The number of nitrogens with zero attached hydrogens (tertiary/aromatic N) is 2. The number of rotatable bonds is 2. The van der Waals surface area contributed by atoms with Crippen molar-refractivity contribution in [1.82, 2.24) is 10.2 Å². The second-order valence-electron chi connectivity index (χ2n) is 7.42. The van der Waals surface area contributed by atoms with Crippen LogP contribution >= 0.6 is 0 Å². The molecular weight excluding hydrogens is 274 g/mol. The first kappa shape index (κ1) is 13.2. The molecule has 1 saturated heterocycles. The van der Waals surface area contributed by atoms with E-state index in [9.17, 15) is 0 Å². The van der Waals surface area contributed by atoms with Crippen LogP contribution in [0.2, 0.25) is 0 Å². The minimum absolute atomic E-state index is 0.679. The Bertz CT molecular complexity index is 602. The van der Waals surface area contributed by atoms with Crippen molar-refractivity contribution in [3.63, 3.8) is 0 Å². The molecule has 0 bridgehead atoms. The molecule has 1 aliphatic carbocycles. The fourth-order valence-corrected chi connectivity index (χ4v) is 4.65. The second kappa shape index (κ2) is 4.87. The third-order valence-corrected chi connectivity index (χ3v) is 5.95. The van der Waals surface area contributed by atoms with Crippen molar-refractivity contribution in [2.45, 2.75) is 31.3 Å². The Morgan fingerprint density at radius 2 is 2.14 bits per heavy atom. The number of hydrogen-bond acceptors (Lipinski definition) is 4. The van der Waals surface area contributed by atoms with Gasteiger partial charge in [0.25, 0.3) is 0 Å². The zero-order valence-electron chi connectivity index (χ0n) is 13.3. The Kier molecular flexibility index (Phi) is 2.92. The summed E-state index contributed by atoms with van der Waals surface area (Å²) >= 11 is 0. The van der Waals surface area contributed by atoms with Crippen LogP contribution in [0.25, 0.3) is 0 Å². The SMILES string of the molecule is CN1CCNC(C2CC2N2CCc3cc4c(cc32)OCC4)C1. The maximum absolute atomic E-state index is 5.78. The third-order valence-electron chi connectivity index (χ3n) is 5.95. The van der Waals surface area contributed by atoms with E-state index in [2.05, 4.69) is 34.3 Å². The average molecular weight is 299 g/mol. The Labute approximate surface area is 132 Å². The maximum atomic E-state index is 5.78. The molecule has 118 valence electrons. The van der Waals surface area contributed by atoms with E-state index in [-0.39, 0.29) is 0 Å². The fraction of sp³-hybridized carbons (Fsp3) is 0.667. The molecule has 1 saturated carbocycles. The van der Waals surface area contributed by atoms with Gasteiger partial charge in [0, 0.05) is 56.4 Å². The van der Waals surface area contributed by atoms with E-state index in [1.54, 1.807) is 5.56 Å². The third kappa shape index (κ3) is 2.04. The molecule has 22 heavy (non-hydrogen) atoms. The van der Waals surface area contributed by atoms with Crippen molar-refractivity contribution in [2.24, 2.45) is 5.92 Å². The van der Waals surface area contributed by atoms with Crippen LogP contribution in [-0.2, 0) is 12.8 Å². The van der Waals surface area contributed by atoms with Gasteiger partial charge in [0.15, 0.2) is 0 Å². The zero-order chi connectivity index (χ0) is 14.7. The normalized spacial score (nSPS) is 33.5. The molecule has 0 spiro atoms. The van der Waals surface area contributed by atoms with Gasteiger partial charge in [-0.15, -0.1) is 0 Å².